The Morgan fingerprint density at radius 1 is 1.25 bits per heavy atom. The molecule has 0 saturated carbocycles. The number of hydrogen-bond acceptors (Lipinski definition) is 5. The van der Waals surface area contributed by atoms with Crippen molar-refractivity contribution in [3.8, 4) is 5.75 Å². The van der Waals surface area contributed by atoms with Crippen molar-refractivity contribution in [3.05, 3.63) is 45.4 Å². The Morgan fingerprint density at radius 2 is 2.00 bits per heavy atom. The second-order valence-electron chi connectivity index (χ2n) is 4.53. The highest BCUT2D eigenvalue weighted by Gasteiger charge is 2.09. The van der Waals surface area contributed by atoms with E-state index in [1.165, 1.54) is 5.56 Å². The molecule has 0 aliphatic heterocycles. The zero-order valence-electron chi connectivity index (χ0n) is 11.9. The van der Waals surface area contributed by atoms with Crippen molar-refractivity contribution in [3.63, 3.8) is 0 Å². The van der Waals surface area contributed by atoms with Crippen LogP contribution in [0.2, 0.25) is 0 Å². The van der Waals surface area contributed by atoms with E-state index < -0.39 is 0 Å². The Morgan fingerprint density at radius 3 is 2.65 bits per heavy atom. The highest BCUT2D eigenvalue weighted by atomic mass is 32.1. The number of aryl methyl sites for hydroxylation is 1. The molecule has 0 bridgehead atoms. The summed E-state index contributed by atoms with van der Waals surface area (Å²) >= 11 is 1.64. The summed E-state index contributed by atoms with van der Waals surface area (Å²) < 4.78 is 10.8. The van der Waals surface area contributed by atoms with Gasteiger partial charge in [-0.3, -0.25) is 0 Å². The lowest BCUT2D eigenvalue weighted by Gasteiger charge is -2.04. The van der Waals surface area contributed by atoms with E-state index in [9.17, 15) is 0 Å². The van der Waals surface area contributed by atoms with Crippen LogP contribution in [-0.2, 0) is 24.3 Å². The molecule has 1 aromatic heterocycles. The van der Waals surface area contributed by atoms with Gasteiger partial charge in [0.25, 0.3) is 0 Å². The zero-order valence-corrected chi connectivity index (χ0v) is 12.7. The minimum absolute atomic E-state index is 0.509. The number of nitrogens with zero attached hydrogens (tertiary/aromatic N) is 1. The summed E-state index contributed by atoms with van der Waals surface area (Å²) in [6.45, 7) is 3.70. The first-order valence-corrected chi connectivity index (χ1v) is 7.40. The van der Waals surface area contributed by atoms with Gasteiger partial charge in [-0.25, -0.2) is 4.98 Å². The van der Waals surface area contributed by atoms with E-state index in [1.807, 2.05) is 24.3 Å². The monoisotopic (exact) mass is 292 g/mol. The lowest BCUT2D eigenvalue weighted by Crippen LogP contribution is -2.01. The molecule has 2 N–H and O–H groups in total. The predicted octanol–water partition coefficient (Wildman–Crippen LogP) is 2.68. The number of hydrogen-bond donors (Lipinski definition) is 1. The molecule has 20 heavy (non-hydrogen) atoms. The Hall–Kier alpha value is -1.43. The summed E-state index contributed by atoms with van der Waals surface area (Å²) in [4.78, 5) is 5.64. The average molecular weight is 292 g/mol. The summed E-state index contributed by atoms with van der Waals surface area (Å²) in [5.41, 5.74) is 7.89. The van der Waals surface area contributed by atoms with Crippen LogP contribution in [0.25, 0.3) is 0 Å². The molecule has 0 aliphatic carbocycles. The van der Waals surface area contributed by atoms with Crippen LogP contribution in [0.3, 0.4) is 0 Å². The molecule has 2 rings (SSSR count). The van der Waals surface area contributed by atoms with Crippen LogP contribution in [0.5, 0.6) is 5.75 Å². The molecule has 2 aromatic rings. The van der Waals surface area contributed by atoms with Crippen LogP contribution in [0.15, 0.2) is 24.3 Å². The number of benzene rings is 1. The van der Waals surface area contributed by atoms with Gasteiger partial charge in [-0.2, -0.15) is 0 Å². The van der Waals surface area contributed by atoms with Crippen molar-refractivity contribution in [2.75, 3.05) is 13.7 Å². The molecule has 0 aliphatic rings. The maximum atomic E-state index is 5.71. The number of methoxy groups -OCH3 is 1. The van der Waals surface area contributed by atoms with E-state index in [4.69, 9.17) is 15.2 Å². The Bertz CT molecular complexity index is 537. The molecule has 0 saturated heterocycles. The predicted molar refractivity (Wildman–Crippen MR) is 81.1 cm³/mol. The Balaban J connectivity index is 1.89. The van der Waals surface area contributed by atoms with Crippen molar-refractivity contribution < 1.29 is 9.47 Å². The first kappa shape index (κ1) is 15.0. The van der Waals surface area contributed by atoms with Gasteiger partial charge < -0.3 is 15.2 Å². The summed E-state index contributed by atoms with van der Waals surface area (Å²) in [6.07, 6.45) is 0.787. The van der Waals surface area contributed by atoms with Crippen LogP contribution in [0.1, 0.15) is 21.1 Å². The second-order valence-corrected chi connectivity index (χ2v) is 5.69. The summed E-state index contributed by atoms with van der Waals surface area (Å²) in [6, 6.07) is 8.06. The van der Waals surface area contributed by atoms with Gasteiger partial charge >= 0.3 is 0 Å². The van der Waals surface area contributed by atoms with Gasteiger partial charge in [0.05, 0.1) is 23.9 Å². The van der Waals surface area contributed by atoms with Gasteiger partial charge in [0.2, 0.25) is 0 Å². The highest BCUT2D eigenvalue weighted by Crippen LogP contribution is 2.20. The normalized spacial score (nSPS) is 10.8. The van der Waals surface area contributed by atoms with Crippen molar-refractivity contribution in [2.45, 2.75) is 26.5 Å². The van der Waals surface area contributed by atoms with Crippen LogP contribution in [0.4, 0.5) is 0 Å². The molecule has 4 nitrogen and oxygen atoms in total. The largest absolute Gasteiger partial charge is 0.493 e. The Kier molecular flexibility index (Phi) is 5.52. The molecular formula is C15H20N2O2S. The third-order valence-electron chi connectivity index (χ3n) is 2.89. The third kappa shape index (κ3) is 4.03. The Labute approximate surface area is 123 Å². The first-order chi connectivity index (χ1) is 9.72. The van der Waals surface area contributed by atoms with Gasteiger partial charge in [-0.05, 0) is 19.1 Å². The third-order valence-corrected chi connectivity index (χ3v) is 4.07. The first-order valence-electron chi connectivity index (χ1n) is 6.59. The van der Waals surface area contributed by atoms with Gasteiger partial charge in [0.15, 0.2) is 0 Å². The molecule has 1 aromatic carbocycles. The highest BCUT2D eigenvalue weighted by molar-refractivity contribution is 7.11. The van der Waals surface area contributed by atoms with Crippen LogP contribution in [-0.4, -0.2) is 18.7 Å². The number of aromatic nitrogens is 1. The lowest BCUT2D eigenvalue weighted by molar-refractivity contribution is 0.181. The molecule has 0 radical (unpaired) electrons. The number of nitrogens with two attached hydrogens (primary N) is 1. The summed E-state index contributed by atoms with van der Waals surface area (Å²) in [5.74, 6) is 0.892. The SMILES string of the molecule is COCc1nc(CCOc2ccc(C)cc2)sc1CN. The van der Waals surface area contributed by atoms with Crippen LogP contribution in [0, 0.1) is 6.92 Å². The van der Waals surface area contributed by atoms with E-state index in [-0.39, 0.29) is 0 Å². The van der Waals surface area contributed by atoms with E-state index in [0.717, 1.165) is 27.7 Å². The van der Waals surface area contributed by atoms with Gasteiger partial charge in [-0.1, -0.05) is 17.7 Å². The fraction of sp³-hybridized carbons (Fsp3) is 0.400. The number of thiazole rings is 1. The standard InChI is InChI=1S/C15H20N2O2S/c1-11-3-5-12(6-4-11)19-8-7-15-17-13(10-18-2)14(9-16)20-15/h3-6H,7-10,16H2,1-2H3. The second kappa shape index (κ2) is 7.38. The minimum Gasteiger partial charge on any atom is -0.493 e. The maximum Gasteiger partial charge on any atom is 0.119 e. The number of rotatable bonds is 7. The molecule has 0 unspecified atom stereocenters. The molecular weight excluding hydrogens is 272 g/mol. The van der Waals surface area contributed by atoms with Crippen molar-refractivity contribution in [1.82, 2.24) is 4.98 Å². The molecule has 0 atom stereocenters. The average Bonchev–Trinajstić information content (AvgIpc) is 2.84. The molecule has 0 spiro atoms. The van der Waals surface area contributed by atoms with Gasteiger partial charge in [0.1, 0.15) is 5.75 Å². The van der Waals surface area contributed by atoms with Crippen molar-refractivity contribution >= 4 is 11.3 Å². The van der Waals surface area contributed by atoms with E-state index in [1.54, 1.807) is 18.4 Å². The number of ether oxygens (including phenoxy) is 2. The molecule has 0 amide bonds. The molecule has 108 valence electrons. The zero-order chi connectivity index (χ0) is 14.4. The molecule has 5 heteroatoms. The van der Waals surface area contributed by atoms with E-state index in [0.29, 0.717) is 19.8 Å². The van der Waals surface area contributed by atoms with Crippen molar-refractivity contribution in [2.24, 2.45) is 5.73 Å². The van der Waals surface area contributed by atoms with Crippen LogP contribution >= 0.6 is 11.3 Å². The minimum atomic E-state index is 0.509. The van der Waals surface area contributed by atoms with E-state index in [2.05, 4.69) is 11.9 Å². The smallest absolute Gasteiger partial charge is 0.119 e. The van der Waals surface area contributed by atoms with Gasteiger partial charge in [-0.15, -0.1) is 11.3 Å². The van der Waals surface area contributed by atoms with Crippen molar-refractivity contribution in [1.29, 1.82) is 0 Å². The summed E-state index contributed by atoms with van der Waals surface area (Å²) in [7, 11) is 1.67. The summed E-state index contributed by atoms with van der Waals surface area (Å²) in [5, 5.41) is 1.05. The fourth-order valence-corrected chi connectivity index (χ4v) is 2.77. The fourth-order valence-electron chi connectivity index (χ4n) is 1.84. The quantitative estimate of drug-likeness (QED) is 0.852. The maximum absolute atomic E-state index is 5.71. The van der Waals surface area contributed by atoms with E-state index >= 15 is 0 Å². The van der Waals surface area contributed by atoms with Crippen LogP contribution < -0.4 is 10.5 Å². The molecule has 0 fully saturated rings. The van der Waals surface area contributed by atoms with Gasteiger partial charge in [0, 0.05) is 25.0 Å². The molecule has 1 heterocycles. The topological polar surface area (TPSA) is 57.4 Å². The lowest BCUT2D eigenvalue weighted by atomic mass is 10.2.